The Kier molecular flexibility index (Phi) is 4.90. The lowest BCUT2D eigenvalue weighted by molar-refractivity contribution is -0.142. The van der Waals surface area contributed by atoms with Gasteiger partial charge in [0.05, 0.1) is 17.0 Å². The summed E-state index contributed by atoms with van der Waals surface area (Å²) in [6, 6.07) is 6.25. The largest absolute Gasteiger partial charge is 0.341 e. The van der Waals surface area contributed by atoms with Crippen molar-refractivity contribution in [3.05, 3.63) is 35.4 Å². The number of carbonyl (C=O) groups is 4. The van der Waals surface area contributed by atoms with Gasteiger partial charge in [-0.1, -0.05) is 12.1 Å². The number of rotatable bonds is 4. The first-order chi connectivity index (χ1) is 13.1. The van der Waals surface area contributed by atoms with Crippen LogP contribution in [-0.2, 0) is 9.59 Å². The molecular formula is C19H21N3O4S. The zero-order chi connectivity index (χ0) is 19.0. The van der Waals surface area contributed by atoms with Crippen LogP contribution < -0.4 is 0 Å². The number of hydrogen-bond acceptors (Lipinski definition) is 5. The van der Waals surface area contributed by atoms with Crippen LogP contribution in [0.5, 0.6) is 0 Å². The fourth-order valence-electron chi connectivity index (χ4n) is 3.83. The van der Waals surface area contributed by atoms with E-state index in [-0.39, 0.29) is 36.6 Å². The van der Waals surface area contributed by atoms with Crippen molar-refractivity contribution in [1.29, 1.82) is 0 Å². The molecule has 0 bridgehead atoms. The number of carbonyl (C=O) groups excluding carboxylic acids is 4. The Balaban J connectivity index is 1.39. The summed E-state index contributed by atoms with van der Waals surface area (Å²) in [7, 11) is 0. The third kappa shape index (κ3) is 3.22. The summed E-state index contributed by atoms with van der Waals surface area (Å²) in [4.78, 5) is 54.8. The van der Waals surface area contributed by atoms with Crippen molar-refractivity contribution in [3.8, 4) is 0 Å². The van der Waals surface area contributed by atoms with Gasteiger partial charge >= 0.3 is 0 Å². The molecule has 0 radical (unpaired) electrons. The Morgan fingerprint density at radius 3 is 2.30 bits per heavy atom. The first-order valence-corrected chi connectivity index (χ1v) is 10.3. The molecule has 1 aromatic carbocycles. The summed E-state index contributed by atoms with van der Waals surface area (Å²) in [5.74, 6) is 0.202. The maximum atomic E-state index is 12.7. The molecule has 8 heteroatoms. The predicted molar refractivity (Wildman–Crippen MR) is 100 cm³/mol. The molecule has 2 fully saturated rings. The fourth-order valence-corrected chi connectivity index (χ4v) is 5.01. The summed E-state index contributed by atoms with van der Waals surface area (Å²) in [6.07, 6.45) is 2.06. The predicted octanol–water partition coefficient (Wildman–Crippen LogP) is 1.20. The molecule has 0 aliphatic carbocycles. The minimum atomic E-state index is -0.428. The third-order valence-electron chi connectivity index (χ3n) is 5.33. The fraction of sp³-hybridized carbons (Fsp3) is 0.474. The number of amides is 4. The highest BCUT2D eigenvalue weighted by atomic mass is 32.2. The van der Waals surface area contributed by atoms with Gasteiger partial charge in [0.1, 0.15) is 6.04 Å². The Hall–Kier alpha value is -2.35. The standard InChI is InChI=1S/C19H21N3O4S/c23-16(22-12-27-11-15(22)19(26)20-8-3-4-9-20)7-10-21-17(24)13-5-1-2-6-14(13)18(21)25/h1-2,5-6,15H,3-4,7-12H2/t15-/m0/s1. The van der Waals surface area contributed by atoms with E-state index < -0.39 is 6.04 Å². The van der Waals surface area contributed by atoms with Crippen LogP contribution in [0.3, 0.4) is 0 Å². The average Bonchev–Trinajstić information content (AvgIpc) is 3.42. The Labute approximate surface area is 161 Å². The van der Waals surface area contributed by atoms with E-state index in [0.717, 1.165) is 30.8 Å². The second-order valence-corrected chi connectivity index (χ2v) is 7.97. The van der Waals surface area contributed by atoms with Gasteiger partial charge in [0.15, 0.2) is 0 Å². The van der Waals surface area contributed by atoms with Crippen LogP contribution in [-0.4, -0.2) is 75.6 Å². The molecule has 142 valence electrons. The SMILES string of the molecule is O=C([C@@H]1CSCN1C(=O)CCN1C(=O)c2ccccc2C1=O)N1CCCC1. The number of fused-ring (bicyclic) bond motifs is 1. The lowest BCUT2D eigenvalue weighted by Gasteiger charge is -2.27. The molecule has 0 aromatic heterocycles. The molecule has 7 nitrogen and oxygen atoms in total. The van der Waals surface area contributed by atoms with Crippen molar-refractivity contribution >= 4 is 35.4 Å². The molecule has 0 spiro atoms. The van der Waals surface area contributed by atoms with Crippen molar-refractivity contribution < 1.29 is 19.2 Å². The smallest absolute Gasteiger partial charge is 0.261 e. The zero-order valence-corrected chi connectivity index (χ0v) is 15.7. The van der Waals surface area contributed by atoms with Crippen molar-refractivity contribution in [2.24, 2.45) is 0 Å². The van der Waals surface area contributed by atoms with Crippen molar-refractivity contribution in [3.63, 3.8) is 0 Å². The monoisotopic (exact) mass is 387 g/mol. The minimum Gasteiger partial charge on any atom is -0.341 e. The summed E-state index contributed by atoms with van der Waals surface area (Å²) in [6.45, 7) is 1.56. The van der Waals surface area contributed by atoms with Crippen LogP contribution in [0.25, 0.3) is 0 Å². The molecule has 0 saturated carbocycles. The van der Waals surface area contributed by atoms with Crippen molar-refractivity contribution in [2.45, 2.75) is 25.3 Å². The van der Waals surface area contributed by atoms with Crippen LogP contribution in [0.1, 0.15) is 40.0 Å². The van der Waals surface area contributed by atoms with Gasteiger partial charge in [-0.25, -0.2) is 0 Å². The van der Waals surface area contributed by atoms with E-state index in [1.54, 1.807) is 40.9 Å². The van der Waals surface area contributed by atoms with E-state index in [9.17, 15) is 19.2 Å². The van der Waals surface area contributed by atoms with E-state index in [1.165, 1.54) is 0 Å². The molecule has 1 aromatic rings. The molecule has 2 saturated heterocycles. The van der Waals surface area contributed by atoms with E-state index >= 15 is 0 Å². The van der Waals surface area contributed by atoms with Gasteiger partial charge in [0.2, 0.25) is 11.8 Å². The molecule has 4 amide bonds. The summed E-state index contributed by atoms with van der Waals surface area (Å²) < 4.78 is 0. The lowest BCUT2D eigenvalue weighted by Crippen LogP contribution is -2.48. The Morgan fingerprint density at radius 1 is 1.04 bits per heavy atom. The quantitative estimate of drug-likeness (QED) is 0.726. The molecule has 3 aliphatic rings. The molecule has 1 atom stereocenters. The van der Waals surface area contributed by atoms with Gasteiger partial charge in [0, 0.05) is 31.8 Å². The van der Waals surface area contributed by atoms with Crippen molar-refractivity contribution in [1.82, 2.24) is 14.7 Å². The number of nitrogens with zero attached hydrogens (tertiary/aromatic N) is 3. The van der Waals surface area contributed by atoms with Crippen LogP contribution in [0.2, 0.25) is 0 Å². The normalized spacial score (nSPS) is 21.9. The zero-order valence-electron chi connectivity index (χ0n) is 14.9. The number of imide groups is 1. The maximum Gasteiger partial charge on any atom is 0.261 e. The summed E-state index contributed by atoms with van der Waals surface area (Å²) >= 11 is 1.56. The van der Waals surface area contributed by atoms with Crippen LogP contribution >= 0.6 is 11.8 Å². The first kappa shape index (κ1) is 18.0. The lowest BCUT2D eigenvalue weighted by atomic mass is 10.1. The van der Waals surface area contributed by atoms with Gasteiger partial charge in [-0.05, 0) is 25.0 Å². The molecule has 3 aliphatic heterocycles. The van der Waals surface area contributed by atoms with E-state index in [1.807, 2.05) is 4.90 Å². The van der Waals surface area contributed by atoms with E-state index in [2.05, 4.69) is 0 Å². The Morgan fingerprint density at radius 2 is 1.67 bits per heavy atom. The maximum absolute atomic E-state index is 12.7. The van der Waals surface area contributed by atoms with Crippen LogP contribution in [0.4, 0.5) is 0 Å². The van der Waals surface area contributed by atoms with E-state index in [4.69, 9.17) is 0 Å². The number of likely N-dealkylation sites (tertiary alicyclic amines) is 1. The topological polar surface area (TPSA) is 78.0 Å². The highest BCUT2D eigenvalue weighted by Gasteiger charge is 2.39. The third-order valence-corrected chi connectivity index (χ3v) is 6.35. The molecule has 0 N–H and O–H groups in total. The van der Waals surface area contributed by atoms with Crippen molar-refractivity contribution in [2.75, 3.05) is 31.3 Å². The molecule has 27 heavy (non-hydrogen) atoms. The average molecular weight is 387 g/mol. The second kappa shape index (κ2) is 7.34. The van der Waals surface area contributed by atoms with E-state index in [0.29, 0.717) is 22.8 Å². The number of hydrogen-bond donors (Lipinski definition) is 0. The van der Waals surface area contributed by atoms with Gasteiger partial charge in [-0.2, -0.15) is 0 Å². The van der Waals surface area contributed by atoms with Gasteiger partial charge < -0.3 is 9.80 Å². The first-order valence-electron chi connectivity index (χ1n) is 9.19. The summed E-state index contributed by atoms with van der Waals surface area (Å²) in [5.41, 5.74) is 0.766. The number of benzene rings is 1. The highest BCUT2D eigenvalue weighted by molar-refractivity contribution is 7.99. The molecular weight excluding hydrogens is 366 g/mol. The van der Waals surface area contributed by atoms with Gasteiger partial charge in [0.25, 0.3) is 11.8 Å². The molecule has 3 heterocycles. The minimum absolute atomic E-state index is 0.0200. The highest BCUT2D eigenvalue weighted by Crippen LogP contribution is 2.26. The summed E-state index contributed by atoms with van der Waals surface area (Å²) in [5, 5.41) is 0. The van der Waals surface area contributed by atoms with Crippen LogP contribution in [0, 0.1) is 0 Å². The number of thioether (sulfide) groups is 1. The Bertz CT molecular complexity index is 771. The molecule has 0 unspecified atom stereocenters. The van der Waals surface area contributed by atoms with Crippen LogP contribution in [0.15, 0.2) is 24.3 Å². The van der Waals surface area contributed by atoms with Gasteiger partial charge in [-0.3, -0.25) is 24.1 Å². The molecule has 4 rings (SSSR count). The van der Waals surface area contributed by atoms with Gasteiger partial charge in [-0.15, -0.1) is 11.8 Å². The second-order valence-electron chi connectivity index (χ2n) is 6.97.